The zero-order valence-corrected chi connectivity index (χ0v) is 13.6. The van der Waals surface area contributed by atoms with Crippen LogP contribution < -0.4 is 10.3 Å². The lowest BCUT2D eigenvalue weighted by Crippen LogP contribution is -2.41. The van der Waals surface area contributed by atoms with E-state index in [4.69, 9.17) is 0 Å². The first-order valence-corrected chi connectivity index (χ1v) is 8.67. The summed E-state index contributed by atoms with van der Waals surface area (Å²) >= 11 is 4.45. The number of hydrogen-bond donors (Lipinski definition) is 2. The van der Waals surface area contributed by atoms with Crippen LogP contribution in [0.1, 0.15) is 15.2 Å². The van der Waals surface area contributed by atoms with E-state index in [2.05, 4.69) is 26.2 Å². The fourth-order valence-electron chi connectivity index (χ4n) is 1.50. The minimum Gasteiger partial charge on any atom is -0.273 e. The van der Waals surface area contributed by atoms with Gasteiger partial charge in [-0.25, -0.2) is 8.42 Å². The Labute approximate surface area is 129 Å². The summed E-state index contributed by atoms with van der Waals surface area (Å²) in [6.45, 7) is 1.68. The second-order valence-electron chi connectivity index (χ2n) is 3.95. The topological polar surface area (TPSA) is 75.3 Å². The Morgan fingerprint density at radius 3 is 2.70 bits per heavy atom. The summed E-state index contributed by atoms with van der Waals surface area (Å²) < 4.78 is 24.9. The normalized spacial score (nSPS) is 11.3. The lowest BCUT2D eigenvalue weighted by molar-refractivity contribution is 0.0949. The first-order chi connectivity index (χ1) is 9.40. The van der Waals surface area contributed by atoms with Crippen LogP contribution in [0.15, 0.2) is 45.1 Å². The van der Waals surface area contributed by atoms with Crippen molar-refractivity contribution in [1.29, 1.82) is 0 Å². The second kappa shape index (κ2) is 6.04. The predicted octanol–water partition coefficient (Wildman–Crippen LogP) is 2.44. The van der Waals surface area contributed by atoms with Gasteiger partial charge in [-0.2, -0.15) is 0 Å². The summed E-state index contributed by atoms with van der Waals surface area (Å²) in [5, 5.41) is 1.74. The summed E-state index contributed by atoms with van der Waals surface area (Å²) in [5.41, 5.74) is 2.78. The van der Waals surface area contributed by atoms with Crippen molar-refractivity contribution in [3.63, 3.8) is 0 Å². The maximum atomic E-state index is 12.1. The molecule has 106 valence electrons. The monoisotopic (exact) mass is 374 g/mol. The van der Waals surface area contributed by atoms with Crippen molar-refractivity contribution in [3.8, 4) is 0 Å². The van der Waals surface area contributed by atoms with Crippen LogP contribution in [0.25, 0.3) is 0 Å². The van der Waals surface area contributed by atoms with Crippen molar-refractivity contribution in [2.24, 2.45) is 0 Å². The van der Waals surface area contributed by atoms with Crippen molar-refractivity contribution in [1.82, 2.24) is 10.3 Å². The molecule has 0 radical (unpaired) electrons. The number of amides is 1. The molecular formula is C12H11BrN2O3S2. The average molecular weight is 375 g/mol. The number of aryl methyl sites for hydroxylation is 1. The van der Waals surface area contributed by atoms with Crippen LogP contribution in [0.3, 0.4) is 0 Å². The third kappa shape index (κ3) is 3.45. The van der Waals surface area contributed by atoms with Crippen LogP contribution in [-0.2, 0) is 10.0 Å². The Balaban J connectivity index is 2.16. The van der Waals surface area contributed by atoms with Gasteiger partial charge in [-0.1, -0.05) is 28.1 Å². The number of hydrogen-bond acceptors (Lipinski definition) is 4. The zero-order valence-electron chi connectivity index (χ0n) is 10.4. The van der Waals surface area contributed by atoms with Gasteiger partial charge in [0.2, 0.25) is 0 Å². The molecule has 1 aromatic heterocycles. The Hall–Kier alpha value is -1.22. The summed E-state index contributed by atoms with van der Waals surface area (Å²) in [7, 11) is -3.81. The third-order valence-electron chi connectivity index (χ3n) is 2.48. The molecule has 0 aliphatic heterocycles. The Morgan fingerprint density at radius 1 is 1.30 bits per heavy atom. The SMILES string of the molecule is Cc1ccc(Br)cc1S(=O)(=O)NNC(=O)c1cccs1. The molecular weight excluding hydrogens is 364 g/mol. The van der Waals surface area contributed by atoms with E-state index in [1.807, 2.05) is 0 Å². The molecule has 0 unspecified atom stereocenters. The van der Waals surface area contributed by atoms with Crippen LogP contribution in [0.2, 0.25) is 0 Å². The number of benzene rings is 1. The van der Waals surface area contributed by atoms with E-state index >= 15 is 0 Å². The van der Waals surface area contributed by atoms with E-state index in [9.17, 15) is 13.2 Å². The first kappa shape index (κ1) is 15.2. The number of sulfonamides is 1. The molecule has 1 aromatic carbocycles. The number of halogens is 1. The maximum absolute atomic E-state index is 12.1. The molecule has 0 bridgehead atoms. The van der Waals surface area contributed by atoms with E-state index in [0.29, 0.717) is 14.9 Å². The summed E-state index contributed by atoms with van der Waals surface area (Å²) in [6, 6.07) is 8.23. The minimum atomic E-state index is -3.81. The lowest BCUT2D eigenvalue weighted by Gasteiger charge is -2.10. The molecule has 1 heterocycles. The highest BCUT2D eigenvalue weighted by Gasteiger charge is 2.18. The number of thiophene rings is 1. The van der Waals surface area contributed by atoms with Crippen molar-refractivity contribution in [2.45, 2.75) is 11.8 Å². The zero-order chi connectivity index (χ0) is 14.8. The number of carbonyl (C=O) groups excluding carboxylic acids is 1. The average Bonchev–Trinajstić information content (AvgIpc) is 2.93. The molecule has 1 amide bonds. The summed E-state index contributed by atoms with van der Waals surface area (Å²) in [4.78, 5) is 14.3. The molecule has 5 nitrogen and oxygen atoms in total. The molecule has 2 rings (SSSR count). The molecule has 0 fully saturated rings. The number of carbonyl (C=O) groups is 1. The van der Waals surface area contributed by atoms with E-state index in [1.165, 1.54) is 17.4 Å². The van der Waals surface area contributed by atoms with Crippen LogP contribution in [-0.4, -0.2) is 14.3 Å². The molecule has 0 atom stereocenters. The van der Waals surface area contributed by atoms with Gasteiger partial charge in [-0.3, -0.25) is 10.2 Å². The van der Waals surface area contributed by atoms with Crippen molar-refractivity contribution >= 4 is 43.2 Å². The van der Waals surface area contributed by atoms with Crippen LogP contribution in [0.4, 0.5) is 0 Å². The van der Waals surface area contributed by atoms with Crippen molar-refractivity contribution in [3.05, 3.63) is 50.6 Å². The van der Waals surface area contributed by atoms with E-state index < -0.39 is 15.9 Å². The quantitative estimate of drug-likeness (QED) is 0.807. The molecule has 2 N–H and O–H groups in total. The number of nitrogens with one attached hydrogen (secondary N) is 2. The molecule has 0 saturated carbocycles. The number of hydrazine groups is 1. The van der Waals surface area contributed by atoms with Gasteiger partial charge in [0.25, 0.3) is 15.9 Å². The van der Waals surface area contributed by atoms with Crippen LogP contribution in [0, 0.1) is 6.92 Å². The molecule has 0 aliphatic carbocycles. The van der Waals surface area contributed by atoms with E-state index in [0.717, 1.165) is 0 Å². The highest BCUT2D eigenvalue weighted by Crippen LogP contribution is 2.20. The van der Waals surface area contributed by atoms with Crippen LogP contribution in [0.5, 0.6) is 0 Å². The fourth-order valence-corrected chi connectivity index (χ4v) is 3.74. The van der Waals surface area contributed by atoms with Gasteiger partial charge in [-0.05, 0) is 36.1 Å². The van der Waals surface area contributed by atoms with Gasteiger partial charge in [0.1, 0.15) is 0 Å². The van der Waals surface area contributed by atoms with Crippen LogP contribution >= 0.6 is 27.3 Å². The Morgan fingerprint density at radius 2 is 2.05 bits per heavy atom. The molecule has 20 heavy (non-hydrogen) atoms. The highest BCUT2D eigenvalue weighted by molar-refractivity contribution is 9.10. The summed E-state index contributed by atoms with van der Waals surface area (Å²) in [6.07, 6.45) is 0. The van der Waals surface area contributed by atoms with Gasteiger partial charge >= 0.3 is 0 Å². The van der Waals surface area contributed by atoms with Crippen molar-refractivity contribution in [2.75, 3.05) is 0 Å². The summed E-state index contributed by atoms with van der Waals surface area (Å²) in [5.74, 6) is -0.490. The Bertz CT molecular complexity index is 727. The molecule has 8 heteroatoms. The van der Waals surface area contributed by atoms with Gasteiger partial charge in [0.15, 0.2) is 0 Å². The largest absolute Gasteiger partial charge is 0.276 e. The van der Waals surface area contributed by atoms with Crippen molar-refractivity contribution < 1.29 is 13.2 Å². The minimum absolute atomic E-state index is 0.110. The van der Waals surface area contributed by atoms with Gasteiger partial charge < -0.3 is 0 Å². The maximum Gasteiger partial charge on any atom is 0.276 e. The molecule has 0 spiro atoms. The smallest absolute Gasteiger partial charge is 0.273 e. The standard InChI is InChI=1S/C12H11BrN2O3S2/c1-8-4-5-9(13)7-11(8)20(17,18)15-14-12(16)10-3-2-6-19-10/h2-7,15H,1H3,(H,14,16). The second-order valence-corrected chi connectivity index (χ2v) is 7.46. The first-order valence-electron chi connectivity index (χ1n) is 5.52. The third-order valence-corrected chi connectivity index (χ3v) is 5.24. The van der Waals surface area contributed by atoms with E-state index in [-0.39, 0.29) is 4.90 Å². The number of rotatable bonds is 4. The lowest BCUT2D eigenvalue weighted by atomic mass is 10.2. The van der Waals surface area contributed by atoms with Gasteiger partial charge in [0, 0.05) is 4.47 Å². The predicted molar refractivity (Wildman–Crippen MR) is 81.0 cm³/mol. The van der Waals surface area contributed by atoms with Gasteiger partial charge in [-0.15, -0.1) is 16.2 Å². The van der Waals surface area contributed by atoms with Gasteiger partial charge in [0.05, 0.1) is 9.77 Å². The van der Waals surface area contributed by atoms with E-state index in [1.54, 1.807) is 36.6 Å². The molecule has 0 saturated heterocycles. The Kier molecular flexibility index (Phi) is 4.59. The molecule has 2 aromatic rings. The molecule has 0 aliphatic rings. The fraction of sp³-hybridized carbons (Fsp3) is 0.0833. The highest BCUT2D eigenvalue weighted by atomic mass is 79.9.